The Morgan fingerprint density at radius 2 is 2.06 bits per heavy atom. The SMILES string of the molecule is CCOC(=O)c1nc(-c2ccccc2)cc(=O)o1. The molecule has 92 valence electrons. The Bertz CT molecular complexity index is 604. The summed E-state index contributed by atoms with van der Waals surface area (Å²) in [6.45, 7) is 1.86. The molecule has 1 heterocycles. The number of hydrogen-bond acceptors (Lipinski definition) is 5. The molecule has 5 nitrogen and oxygen atoms in total. The topological polar surface area (TPSA) is 69.4 Å². The van der Waals surface area contributed by atoms with Crippen molar-refractivity contribution in [2.75, 3.05) is 6.61 Å². The summed E-state index contributed by atoms with van der Waals surface area (Å²) in [7, 11) is 0. The van der Waals surface area contributed by atoms with Gasteiger partial charge in [-0.3, -0.25) is 0 Å². The number of rotatable bonds is 3. The van der Waals surface area contributed by atoms with E-state index in [0.29, 0.717) is 5.69 Å². The van der Waals surface area contributed by atoms with E-state index in [4.69, 9.17) is 9.15 Å². The highest BCUT2D eigenvalue weighted by Crippen LogP contribution is 2.14. The van der Waals surface area contributed by atoms with Gasteiger partial charge in [-0.2, -0.15) is 0 Å². The molecule has 2 aromatic rings. The number of carbonyl (C=O) groups excluding carboxylic acids is 1. The van der Waals surface area contributed by atoms with Gasteiger partial charge in [-0.25, -0.2) is 14.6 Å². The smallest absolute Gasteiger partial charge is 0.394 e. The zero-order valence-electron chi connectivity index (χ0n) is 9.75. The summed E-state index contributed by atoms with van der Waals surface area (Å²) in [4.78, 5) is 26.8. The molecule has 0 N–H and O–H groups in total. The van der Waals surface area contributed by atoms with Crippen LogP contribution < -0.4 is 5.63 Å². The van der Waals surface area contributed by atoms with Crippen LogP contribution in [0.15, 0.2) is 45.6 Å². The maximum atomic E-state index is 11.5. The Balaban J connectivity index is 2.45. The van der Waals surface area contributed by atoms with Crippen LogP contribution in [0.4, 0.5) is 0 Å². The summed E-state index contributed by atoms with van der Waals surface area (Å²) in [5, 5.41) is 0. The standard InChI is InChI=1S/C13H11NO4/c1-2-17-13(16)12-14-10(8-11(15)18-12)9-6-4-3-5-7-9/h3-8H,2H2,1H3. The third-order valence-corrected chi connectivity index (χ3v) is 2.19. The van der Waals surface area contributed by atoms with Crippen molar-refractivity contribution < 1.29 is 13.9 Å². The minimum atomic E-state index is -0.743. The quantitative estimate of drug-likeness (QED) is 0.772. The summed E-state index contributed by atoms with van der Waals surface area (Å²) in [5.74, 6) is -1.07. The summed E-state index contributed by atoms with van der Waals surface area (Å²) in [6, 6.07) is 10.3. The molecule has 1 aromatic carbocycles. The van der Waals surface area contributed by atoms with Gasteiger partial charge in [0.2, 0.25) is 0 Å². The van der Waals surface area contributed by atoms with Crippen LogP contribution in [0.1, 0.15) is 17.6 Å². The van der Waals surface area contributed by atoms with Crippen molar-refractivity contribution in [3.63, 3.8) is 0 Å². The van der Waals surface area contributed by atoms with Crippen LogP contribution in [0.3, 0.4) is 0 Å². The second-order valence-electron chi connectivity index (χ2n) is 3.45. The van der Waals surface area contributed by atoms with Crippen molar-refractivity contribution in [3.05, 3.63) is 52.7 Å². The minimum Gasteiger partial charge on any atom is -0.459 e. The number of esters is 1. The highest BCUT2D eigenvalue weighted by atomic mass is 16.5. The second-order valence-corrected chi connectivity index (χ2v) is 3.45. The molecule has 0 spiro atoms. The monoisotopic (exact) mass is 245 g/mol. The fourth-order valence-corrected chi connectivity index (χ4v) is 1.44. The predicted molar refractivity (Wildman–Crippen MR) is 64.2 cm³/mol. The lowest BCUT2D eigenvalue weighted by Crippen LogP contribution is -2.12. The van der Waals surface area contributed by atoms with Gasteiger partial charge in [0.15, 0.2) is 0 Å². The second kappa shape index (κ2) is 5.27. The Labute approximate surface area is 103 Å². The zero-order valence-corrected chi connectivity index (χ0v) is 9.75. The molecule has 0 radical (unpaired) electrons. The van der Waals surface area contributed by atoms with Gasteiger partial charge >= 0.3 is 17.5 Å². The van der Waals surface area contributed by atoms with Gasteiger partial charge < -0.3 is 9.15 Å². The third-order valence-electron chi connectivity index (χ3n) is 2.19. The number of hydrogen-bond donors (Lipinski definition) is 0. The Morgan fingerprint density at radius 1 is 1.33 bits per heavy atom. The predicted octanol–water partition coefficient (Wildman–Crippen LogP) is 1.88. The van der Waals surface area contributed by atoms with E-state index in [1.807, 2.05) is 18.2 Å². The number of aromatic nitrogens is 1. The molecular weight excluding hydrogens is 234 g/mol. The largest absolute Gasteiger partial charge is 0.459 e. The van der Waals surface area contributed by atoms with Crippen molar-refractivity contribution >= 4 is 5.97 Å². The first kappa shape index (κ1) is 12.0. The first-order valence-corrected chi connectivity index (χ1v) is 5.45. The summed E-state index contributed by atoms with van der Waals surface area (Å²) < 4.78 is 9.45. The molecule has 5 heteroatoms. The lowest BCUT2D eigenvalue weighted by Gasteiger charge is -2.02. The number of benzene rings is 1. The molecule has 0 saturated carbocycles. The van der Waals surface area contributed by atoms with E-state index >= 15 is 0 Å². The van der Waals surface area contributed by atoms with Gasteiger partial charge in [0.1, 0.15) is 0 Å². The molecule has 0 amide bonds. The van der Waals surface area contributed by atoms with Gasteiger partial charge in [0, 0.05) is 5.56 Å². The fourth-order valence-electron chi connectivity index (χ4n) is 1.44. The van der Waals surface area contributed by atoms with Crippen molar-refractivity contribution in [1.29, 1.82) is 0 Å². The Hall–Kier alpha value is -2.43. The molecule has 0 aliphatic carbocycles. The van der Waals surface area contributed by atoms with E-state index in [-0.39, 0.29) is 12.5 Å². The van der Waals surface area contributed by atoms with Crippen molar-refractivity contribution in [3.8, 4) is 11.3 Å². The van der Waals surface area contributed by atoms with Gasteiger partial charge in [-0.15, -0.1) is 0 Å². The first-order chi connectivity index (χ1) is 8.70. The van der Waals surface area contributed by atoms with Gasteiger partial charge in [-0.1, -0.05) is 30.3 Å². The van der Waals surface area contributed by atoms with E-state index in [0.717, 1.165) is 5.56 Å². The lowest BCUT2D eigenvalue weighted by atomic mass is 10.1. The van der Waals surface area contributed by atoms with E-state index in [1.165, 1.54) is 6.07 Å². The molecule has 2 rings (SSSR count). The van der Waals surface area contributed by atoms with Crippen molar-refractivity contribution in [2.45, 2.75) is 6.92 Å². The number of carbonyl (C=O) groups is 1. The molecule has 0 atom stereocenters. The molecule has 0 bridgehead atoms. The van der Waals surface area contributed by atoms with E-state index in [9.17, 15) is 9.59 Å². The zero-order chi connectivity index (χ0) is 13.0. The molecule has 1 aromatic heterocycles. The highest BCUT2D eigenvalue weighted by Gasteiger charge is 2.14. The number of ether oxygens (including phenoxy) is 1. The Kier molecular flexibility index (Phi) is 3.52. The first-order valence-electron chi connectivity index (χ1n) is 5.45. The minimum absolute atomic E-state index is 0.194. The van der Waals surface area contributed by atoms with E-state index in [1.54, 1.807) is 19.1 Å². The highest BCUT2D eigenvalue weighted by molar-refractivity contribution is 5.84. The summed E-state index contributed by atoms with van der Waals surface area (Å²) >= 11 is 0. The average molecular weight is 245 g/mol. The van der Waals surface area contributed by atoms with Crippen molar-refractivity contribution in [2.24, 2.45) is 0 Å². The molecule has 0 saturated heterocycles. The van der Waals surface area contributed by atoms with Crippen molar-refractivity contribution in [1.82, 2.24) is 4.98 Å². The summed E-state index contributed by atoms with van der Waals surface area (Å²) in [5.41, 5.74) is 0.484. The number of nitrogens with zero attached hydrogens (tertiary/aromatic N) is 1. The fraction of sp³-hybridized carbons (Fsp3) is 0.154. The molecule has 18 heavy (non-hydrogen) atoms. The maximum Gasteiger partial charge on any atom is 0.394 e. The van der Waals surface area contributed by atoms with Crippen LogP contribution in [0.2, 0.25) is 0 Å². The molecule has 0 fully saturated rings. The van der Waals surface area contributed by atoms with Gasteiger partial charge in [0.25, 0.3) is 0 Å². The molecular formula is C13H11NO4. The molecule has 0 aliphatic rings. The summed E-state index contributed by atoms with van der Waals surface area (Å²) in [6.07, 6.45) is 0. The van der Waals surface area contributed by atoms with Crippen LogP contribution in [0.25, 0.3) is 11.3 Å². The third kappa shape index (κ3) is 2.63. The van der Waals surface area contributed by atoms with E-state index < -0.39 is 11.6 Å². The maximum absolute atomic E-state index is 11.5. The Morgan fingerprint density at radius 3 is 2.72 bits per heavy atom. The lowest BCUT2D eigenvalue weighted by molar-refractivity contribution is 0.0473. The van der Waals surface area contributed by atoms with Gasteiger partial charge in [0.05, 0.1) is 18.4 Å². The normalized spacial score (nSPS) is 10.1. The van der Waals surface area contributed by atoms with Crippen LogP contribution in [0, 0.1) is 0 Å². The van der Waals surface area contributed by atoms with E-state index in [2.05, 4.69) is 4.98 Å². The average Bonchev–Trinajstić information content (AvgIpc) is 2.39. The van der Waals surface area contributed by atoms with Crippen LogP contribution >= 0.6 is 0 Å². The van der Waals surface area contributed by atoms with Crippen LogP contribution in [0.5, 0.6) is 0 Å². The molecule has 0 unspecified atom stereocenters. The molecule has 0 aliphatic heterocycles. The van der Waals surface area contributed by atoms with Gasteiger partial charge in [-0.05, 0) is 6.92 Å². The van der Waals surface area contributed by atoms with Crippen LogP contribution in [-0.4, -0.2) is 17.6 Å². The van der Waals surface area contributed by atoms with Crippen LogP contribution in [-0.2, 0) is 4.74 Å².